The molecule has 0 unspecified atom stereocenters. The van der Waals surface area contributed by atoms with Crippen LogP contribution in [0.3, 0.4) is 0 Å². The van der Waals surface area contributed by atoms with E-state index in [9.17, 15) is 9.59 Å². The zero-order chi connectivity index (χ0) is 20.3. The first-order valence-corrected chi connectivity index (χ1v) is 10.4. The molecular formula is C21H19Cl2NO3S. The van der Waals surface area contributed by atoms with Crippen LogP contribution in [0.5, 0.6) is 5.75 Å². The third-order valence-electron chi connectivity index (χ3n) is 4.42. The second kappa shape index (κ2) is 9.03. The highest BCUT2D eigenvalue weighted by Gasteiger charge is 2.37. The van der Waals surface area contributed by atoms with Crippen LogP contribution in [0.25, 0.3) is 6.08 Å². The molecule has 0 aliphatic carbocycles. The van der Waals surface area contributed by atoms with Gasteiger partial charge in [0.2, 0.25) is 0 Å². The van der Waals surface area contributed by atoms with Crippen molar-refractivity contribution in [2.24, 2.45) is 0 Å². The van der Waals surface area contributed by atoms with Gasteiger partial charge in [0.05, 0.1) is 15.0 Å². The first kappa shape index (κ1) is 20.8. The Kier molecular flexibility index (Phi) is 6.70. The van der Waals surface area contributed by atoms with Gasteiger partial charge in [0, 0.05) is 6.04 Å². The van der Waals surface area contributed by atoms with E-state index in [1.54, 1.807) is 18.2 Å². The molecule has 4 nitrogen and oxygen atoms in total. The molecule has 2 amide bonds. The molecule has 28 heavy (non-hydrogen) atoms. The van der Waals surface area contributed by atoms with Crippen molar-refractivity contribution in [3.05, 3.63) is 68.5 Å². The number of carbonyl (C=O) groups is 2. The van der Waals surface area contributed by atoms with Gasteiger partial charge in [0.1, 0.15) is 12.4 Å². The number of hydrogen-bond donors (Lipinski definition) is 0. The minimum Gasteiger partial charge on any atom is -0.489 e. The van der Waals surface area contributed by atoms with Crippen LogP contribution < -0.4 is 4.74 Å². The Morgan fingerprint density at radius 2 is 1.82 bits per heavy atom. The molecule has 1 aliphatic heterocycles. The maximum absolute atomic E-state index is 12.5. The number of nitrogens with zero attached hydrogens (tertiary/aromatic N) is 1. The van der Waals surface area contributed by atoms with E-state index >= 15 is 0 Å². The van der Waals surface area contributed by atoms with Gasteiger partial charge in [-0.1, -0.05) is 48.3 Å². The standard InChI is InChI=1S/C21H19Cl2NO3S/c1-3-13(2)24-20(25)19(28-21(24)26)11-14-4-7-16(8-5-14)27-12-15-6-9-17(22)18(23)10-15/h4-11,13H,3,12H2,1-2H3/b19-11+/t13-/m1/s1. The lowest BCUT2D eigenvalue weighted by Crippen LogP contribution is -2.36. The molecule has 0 aromatic heterocycles. The Labute approximate surface area is 178 Å². The molecule has 0 N–H and O–H groups in total. The number of ether oxygens (including phenoxy) is 1. The number of amides is 2. The van der Waals surface area contributed by atoms with Gasteiger partial charge in [-0.2, -0.15) is 0 Å². The predicted molar refractivity (Wildman–Crippen MR) is 115 cm³/mol. The second-order valence-corrected chi connectivity index (χ2v) is 8.22. The zero-order valence-corrected chi connectivity index (χ0v) is 17.8. The van der Waals surface area contributed by atoms with E-state index in [4.69, 9.17) is 27.9 Å². The fourth-order valence-corrected chi connectivity index (χ4v) is 3.90. The average Bonchev–Trinajstić information content (AvgIpc) is 2.96. The zero-order valence-electron chi connectivity index (χ0n) is 15.4. The summed E-state index contributed by atoms with van der Waals surface area (Å²) in [6.07, 6.45) is 2.46. The van der Waals surface area contributed by atoms with Crippen molar-refractivity contribution in [1.29, 1.82) is 0 Å². The SMILES string of the molecule is CC[C@@H](C)N1C(=O)S/C(=C/c2ccc(OCc3ccc(Cl)c(Cl)c3)cc2)C1=O. The summed E-state index contributed by atoms with van der Waals surface area (Å²) in [6.45, 7) is 4.19. The van der Waals surface area contributed by atoms with Gasteiger partial charge in [-0.15, -0.1) is 0 Å². The molecule has 2 aromatic carbocycles. The lowest BCUT2D eigenvalue weighted by molar-refractivity contribution is -0.124. The second-order valence-electron chi connectivity index (χ2n) is 6.42. The molecule has 3 rings (SSSR count). The summed E-state index contributed by atoms with van der Waals surface area (Å²) < 4.78 is 5.76. The van der Waals surface area contributed by atoms with Gasteiger partial charge >= 0.3 is 0 Å². The summed E-state index contributed by atoms with van der Waals surface area (Å²) in [4.78, 5) is 26.3. The van der Waals surface area contributed by atoms with Gasteiger partial charge in [-0.25, -0.2) is 0 Å². The first-order valence-electron chi connectivity index (χ1n) is 8.83. The molecule has 146 valence electrons. The Morgan fingerprint density at radius 3 is 2.46 bits per heavy atom. The molecule has 1 atom stereocenters. The predicted octanol–water partition coefficient (Wildman–Crippen LogP) is 6.41. The van der Waals surface area contributed by atoms with E-state index in [0.717, 1.165) is 29.3 Å². The molecule has 0 radical (unpaired) electrons. The highest BCUT2D eigenvalue weighted by atomic mass is 35.5. The number of thioether (sulfide) groups is 1. The molecule has 7 heteroatoms. The van der Waals surface area contributed by atoms with E-state index in [-0.39, 0.29) is 17.2 Å². The lowest BCUT2D eigenvalue weighted by Gasteiger charge is -2.19. The Morgan fingerprint density at radius 1 is 1.11 bits per heavy atom. The maximum Gasteiger partial charge on any atom is 0.293 e. The van der Waals surface area contributed by atoms with E-state index in [2.05, 4.69) is 0 Å². The van der Waals surface area contributed by atoms with Crippen molar-refractivity contribution < 1.29 is 14.3 Å². The fourth-order valence-electron chi connectivity index (χ4n) is 2.65. The van der Waals surface area contributed by atoms with Crippen LogP contribution in [-0.2, 0) is 11.4 Å². The summed E-state index contributed by atoms with van der Waals surface area (Å²) >= 11 is 12.9. The Hall–Kier alpha value is -1.95. The van der Waals surface area contributed by atoms with Crippen LogP contribution in [0, 0.1) is 0 Å². The van der Waals surface area contributed by atoms with E-state index in [1.165, 1.54) is 4.90 Å². The molecule has 1 saturated heterocycles. The van der Waals surface area contributed by atoms with Crippen molar-refractivity contribution in [3.63, 3.8) is 0 Å². The lowest BCUT2D eigenvalue weighted by atomic mass is 10.2. The third-order valence-corrected chi connectivity index (χ3v) is 6.05. The number of rotatable bonds is 6. The summed E-state index contributed by atoms with van der Waals surface area (Å²) in [5.74, 6) is 0.459. The van der Waals surface area contributed by atoms with Gasteiger partial charge in [0.25, 0.3) is 11.1 Å². The first-order chi connectivity index (χ1) is 13.4. The minimum atomic E-state index is -0.232. The van der Waals surface area contributed by atoms with Crippen LogP contribution in [0.2, 0.25) is 10.0 Å². The maximum atomic E-state index is 12.5. The molecular weight excluding hydrogens is 417 g/mol. The average molecular weight is 436 g/mol. The molecule has 0 bridgehead atoms. The number of benzene rings is 2. The summed E-state index contributed by atoms with van der Waals surface area (Å²) in [6, 6.07) is 12.6. The summed E-state index contributed by atoms with van der Waals surface area (Å²) in [5, 5.41) is 0.782. The smallest absolute Gasteiger partial charge is 0.293 e. The third kappa shape index (κ3) is 4.72. The van der Waals surface area contributed by atoms with Crippen molar-refractivity contribution in [2.75, 3.05) is 0 Å². The van der Waals surface area contributed by atoms with Gasteiger partial charge in [0.15, 0.2) is 0 Å². The van der Waals surface area contributed by atoms with Crippen LogP contribution in [0.15, 0.2) is 47.4 Å². The van der Waals surface area contributed by atoms with Gasteiger partial charge in [-0.3, -0.25) is 14.5 Å². The molecule has 0 spiro atoms. The number of halogens is 2. The van der Waals surface area contributed by atoms with Crippen LogP contribution in [0.4, 0.5) is 4.79 Å². The number of carbonyl (C=O) groups excluding carboxylic acids is 2. The summed E-state index contributed by atoms with van der Waals surface area (Å²) in [5.41, 5.74) is 1.74. The molecule has 0 saturated carbocycles. The Balaban J connectivity index is 1.66. The normalized spacial score (nSPS) is 16.7. The molecule has 1 heterocycles. The Bertz CT molecular complexity index is 928. The van der Waals surface area contributed by atoms with Crippen LogP contribution in [0.1, 0.15) is 31.4 Å². The van der Waals surface area contributed by atoms with E-state index < -0.39 is 0 Å². The van der Waals surface area contributed by atoms with E-state index in [1.807, 2.05) is 44.2 Å². The van der Waals surface area contributed by atoms with Crippen LogP contribution in [-0.4, -0.2) is 22.1 Å². The topological polar surface area (TPSA) is 46.6 Å². The van der Waals surface area contributed by atoms with Crippen LogP contribution >= 0.6 is 35.0 Å². The van der Waals surface area contributed by atoms with Gasteiger partial charge in [-0.05, 0) is 66.6 Å². The van der Waals surface area contributed by atoms with Crippen molar-refractivity contribution >= 4 is 52.2 Å². The highest BCUT2D eigenvalue weighted by molar-refractivity contribution is 8.18. The quantitative estimate of drug-likeness (QED) is 0.491. The van der Waals surface area contributed by atoms with E-state index in [0.29, 0.717) is 27.3 Å². The van der Waals surface area contributed by atoms with Gasteiger partial charge < -0.3 is 4.74 Å². The molecule has 1 fully saturated rings. The number of imide groups is 1. The van der Waals surface area contributed by atoms with Crippen molar-refractivity contribution in [1.82, 2.24) is 4.90 Å². The van der Waals surface area contributed by atoms with Crippen molar-refractivity contribution in [2.45, 2.75) is 32.9 Å². The monoisotopic (exact) mass is 435 g/mol. The highest BCUT2D eigenvalue weighted by Crippen LogP contribution is 2.34. The largest absolute Gasteiger partial charge is 0.489 e. The molecule has 2 aromatic rings. The molecule has 1 aliphatic rings. The fraction of sp³-hybridized carbons (Fsp3) is 0.238. The van der Waals surface area contributed by atoms with Crippen molar-refractivity contribution in [3.8, 4) is 5.75 Å². The summed E-state index contributed by atoms with van der Waals surface area (Å²) in [7, 11) is 0. The minimum absolute atomic E-state index is 0.101. The number of hydrogen-bond acceptors (Lipinski definition) is 4.